The Morgan fingerprint density at radius 2 is 2.05 bits per heavy atom. The summed E-state index contributed by atoms with van der Waals surface area (Å²) in [6.45, 7) is 0.210. The number of hydrogen-bond acceptors (Lipinski definition) is 5. The van der Waals surface area contributed by atoms with Crippen LogP contribution in [-0.2, 0) is 6.54 Å². The molecule has 102 valence electrons. The highest BCUT2D eigenvalue weighted by Crippen LogP contribution is 2.07. The van der Waals surface area contributed by atoms with E-state index in [2.05, 4.69) is 15.3 Å². The third-order valence-corrected chi connectivity index (χ3v) is 2.55. The number of nitrogen functional groups attached to an aromatic ring is 1. The molecule has 0 unspecified atom stereocenters. The molecule has 2 heterocycles. The van der Waals surface area contributed by atoms with E-state index in [4.69, 9.17) is 10.8 Å². The third-order valence-electron chi connectivity index (χ3n) is 2.55. The lowest BCUT2D eigenvalue weighted by molar-refractivity contribution is 0.0690. The van der Waals surface area contributed by atoms with Gasteiger partial charge in [-0.15, -0.1) is 0 Å². The van der Waals surface area contributed by atoms with Crippen molar-refractivity contribution in [3.8, 4) is 0 Å². The van der Waals surface area contributed by atoms with E-state index >= 15 is 0 Å². The number of nitrogens with one attached hydrogen (secondary N) is 1. The highest BCUT2D eigenvalue weighted by Gasteiger charge is 2.10. The number of aromatic nitrogens is 2. The Hall–Kier alpha value is -2.96. The molecule has 1 amide bonds. The first-order chi connectivity index (χ1) is 9.58. The van der Waals surface area contributed by atoms with Crippen molar-refractivity contribution in [2.75, 3.05) is 5.73 Å². The minimum absolute atomic E-state index is 0.0472. The van der Waals surface area contributed by atoms with Crippen LogP contribution in [0.2, 0.25) is 0 Å². The van der Waals surface area contributed by atoms with Gasteiger partial charge in [-0.25, -0.2) is 14.8 Å². The Bertz CT molecular complexity index is 640. The number of nitrogens with zero attached hydrogens (tertiary/aromatic N) is 2. The summed E-state index contributed by atoms with van der Waals surface area (Å²) in [5, 5.41) is 11.4. The Kier molecular flexibility index (Phi) is 3.90. The molecule has 0 aliphatic heterocycles. The molecule has 2 rings (SSSR count). The van der Waals surface area contributed by atoms with Crippen LogP contribution in [0, 0.1) is 0 Å². The highest BCUT2D eigenvalue weighted by atomic mass is 16.4. The maximum absolute atomic E-state index is 11.8. The summed E-state index contributed by atoms with van der Waals surface area (Å²) >= 11 is 0. The van der Waals surface area contributed by atoms with Crippen molar-refractivity contribution in [1.29, 1.82) is 0 Å². The predicted octanol–water partition coefficient (Wildman–Crippen LogP) is 0.687. The Morgan fingerprint density at radius 3 is 2.65 bits per heavy atom. The van der Waals surface area contributed by atoms with Gasteiger partial charge in [-0.3, -0.25) is 4.79 Å². The van der Waals surface area contributed by atoms with Crippen LogP contribution < -0.4 is 11.1 Å². The molecule has 0 aliphatic carbocycles. The second-order valence-corrected chi connectivity index (χ2v) is 3.98. The molecule has 0 saturated carbocycles. The molecule has 0 atom stereocenters. The summed E-state index contributed by atoms with van der Waals surface area (Å²) in [6.07, 6.45) is 2.87. The third kappa shape index (κ3) is 3.08. The standard InChI is InChI=1S/C13H12N4O3/c14-9-2-1-5-15-11(9)12(18)17-7-8-3-4-10(13(19)20)16-6-8/h1-6H,7,14H2,(H,17,18)(H,19,20). The van der Waals surface area contributed by atoms with E-state index < -0.39 is 11.9 Å². The van der Waals surface area contributed by atoms with E-state index in [9.17, 15) is 9.59 Å². The summed E-state index contributed by atoms with van der Waals surface area (Å²) in [7, 11) is 0. The zero-order valence-corrected chi connectivity index (χ0v) is 10.4. The van der Waals surface area contributed by atoms with Crippen LogP contribution in [0.5, 0.6) is 0 Å². The van der Waals surface area contributed by atoms with E-state index in [1.54, 1.807) is 18.2 Å². The number of hydrogen-bond donors (Lipinski definition) is 3. The average Bonchev–Trinajstić information content (AvgIpc) is 2.45. The number of aromatic carboxylic acids is 1. The summed E-state index contributed by atoms with van der Waals surface area (Å²) in [5.74, 6) is -1.49. The van der Waals surface area contributed by atoms with Crippen molar-refractivity contribution >= 4 is 17.6 Å². The lowest BCUT2D eigenvalue weighted by Gasteiger charge is -2.06. The zero-order chi connectivity index (χ0) is 14.5. The molecule has 0 spiro atoms. The number of carbonyl (C=O) groups is 2. The summed E-state index contributed by atoms with van der Waals surface area (Å²) in [5.41, 5.74) is 6.72. The smallest absolute Gasteiger partial charge is 0.354 e. The van der Waals surface area contributed by atoms with E-state index in [0.29, 0.717) is 11.3 Å². The van der Waals surface area contributed by atoms with Crippen molar-refractivity contribution in [1.82, 2.24) is 15.3 Å². The molecule has 0 saturated heterocycles. The maximum Gasteiger partial charge on any atom is 0.354 e. The van der Waals surface area contributed by atoms with Gasteiger partial charge >= 0.3 is 5.97 Å². The number of amides is 1. The van der Waals surface area contributed by atoms with Gasteiger partial charge in [-0.2, -0.15) is 0 Å². The molecule has 0 bridgehead atoms. The molecule has 0 aliphatic rings. The van der Waals surface area contributed by atoms with Crippen molar-refractivity contribution in [3.05, 3.63) is 53.6 Å². The van der Waals surface area contributed by atoms with Crippen molar-refractivity contribution in [2.24, 2.45) is 0 Å². The number of pyridine rings is 2. The lowest BCUT2D eigenvalue weighted by atomic mass is 10.2. The van der Waals surface area contributed by atoms with E-state index in [1.807, 2.05) is 0 Å². The highest BCUT2D eigenvalue weighted by molar-refractivity contribution is 5.96. The summed E-state index contributed by atoms with van der Waals surface area (Å²) in [6, 6.07) is 6.18. The molecule has 0 fully saturated rings. The van der Waals surface area contributed by atoms with E-state index in [-0.39, 0.29) is 17.9 Å². The first-order valence-electron chi connectivity index (χ1n) is 5.75. The van der Waals surface area contributed by atoms with Gasteiger partial charge in [0.25, 0.3) is 5.91 Å². The van der Waals surface area contributed by atoms with Gasteiger partial charge in [-0.05, 0) is 23.8 Å². The molecule has 0 aromatic carbocycles. The minimum Gasteiger partial charge on any atom is -0.477 e. The van der Waals surface area contributed by atoms with E-state index in [0.717, 1.165) is 0 Å². The van der Waals surface area contributed by atoms with Crippen molar-refractivity contribution in [3.63, 3.8) is 0 Å². The van der Waals surface area contributed by atoms with Gasteiger partial charge in [0, 0.05) is 18.9 Å². The van der Waals surface area contributed by atoms with Gasteiger partial charge in [0.05, 0.1) is 5.69 Å². The number of anilines is 1. The van der Waals surface area contributed by atoms with Crippen molar-refractivity contribution in [2.45, 2.75) is 6.54 Å². The van der Waals surface area contributed by atoms with Crippen molar-refractivity contribution < 1.29 is 14.7 Å². The van der Waals surface area contributed by atoms with Gasteiger partial charge in [0.15, 0.2) is 5.69 Å². The molecule has 7 nitrogen and oxygen atoms in total. The van der Waals surface area contributed by atoms with E-state index in [1.165, 1.54) is 18.5 Å². The van der Waals surface area contributed by atoms with Crippen LogP contribution in [-0.4, -0.2) is 27.0 Å². The quantitative estimate of drug-likeness (QED) is 0.753. The minimum atomic E-state index is -1.10. The molecule has 7 heteroatoms. The van der Waals surface area contributed by atoms with Gasteiger partial charge in [-0.1, -0.05) is 6.07 Å². The zero-order valence-electron chi connectivity index (χ0n) is 10.4. The molecule has 0 radical (unpaired) electrons. The Balaban J connectivity index is 2.00. The number of carbonyl (C=O) groups excluding carboxylic acids is 1. The van der Waals surface area contributed by atoms with Crippen LogP contribution in [0.4, 0.5) is 5.69 Å². The largest absolute Gasteiger partial charge is 0.477 e. The van der Waals surface area contributed by atoms with Crippen LogP contribution >= 0.6 is 0 Å². The number of nitrogens with two attached hydrogens (primary N) is 1. The maximum atomic E-state index is 11.8. The first-order valence-corrected chi connectivity index (χ1v) is 5.75. The molecule has 2 aromatic heterocycles. The first kappa shape index (κ1) is 13.5. The van der Waals surface area contributed by atoms with Crippen LogP contribution in [0.25, 0.3) is 0 Å². The molecular formula is C13H12N4O3. The fourth-order valence-electron chi connectivity index (χ4n) is 1.53. The average molecular weight is 272 g/mol. The number of rotatable bonds is 4. The van der Waals surface area contributed by atoms with Gasteiger partial charge in [0.2, 0.25) is 0 Å². The number of carboxylic acid groups (broad SMARTS) is 1. The molecule has 20 heavy (non-hydrogen) atoms. The SMILES string of the molecule is Nc1cccnc1C(=O)NCc1ccc(C(=O)O)nc1. The van der Waals surface area contributed by atoms with Gasteiger partial charge < -0.3 is 16.2 Å². The van der Waals surface area contributed by atoms with Gasteiger partial charge in [0.1, 0.15) is 5.69 Å². The second-order valence-electron chi connectivity index (χ2n) is 3.98. The molecule has 4 N–H and O–H groups in total. The topological polar surface area (TPSA) is 118 Å². The second kappa shape index (κ2) is 5.79. The normalized spacial score (nSPS) is 10.0. The summed E-state index contributed by atoms with van der Waals surface area (Å²) < 4.78 is 0. The van der Waals surface area contributed by atoms with Crippen LogP contribution in [0.3, 0.4) is 0 Å². The monoisotopic (exact) mass is 272 g/mol. The molecule has 2 aromatic rings. The molecular weight excluding hydrogens is 260 g/mol. The summed E-state index contributed by atoms with van der Waals surface area (Å²) in [4.78, 5) is 30.1. The Labute approximate surface area is 114 Å². The Morgan fingerprint density at radius 1 is 1.25 bits per heavy atom. The van der Waals surface area contributed by atoms with Crippen LogP contribution in [0.1, 0.15) is 26.5 Å². The number of carboxylic acids is 1. The lowest BCUT2D eigenvalue weighted by Crippen LogP contribution is -2.25. The predicted molar refractivity (Wildman–Crippen MR) is 71.0 cm³/mol. The van der Waals surface area contributed by atoms with Crippen LogP contribution in [0.15, 0.2) is 36.7 Å². The fourth-order valence-corrected chi connectivity index (χ4v) is 1.53. The fraction of sp³-hybridized carbons (Fsp3) is 0.0769.